The van der Waals surface area contributed by atoms with Crippen molar-refractivity contribution in [3.63, 3.8) is 0 Å². The van der Waals surface area contributed by atoms with Crippen molar-refractivity contribution in [3.05, 3.63) is 67.8 Å². The van der Waals surface area contributed by atoms with Crippen LogP contribution < -0.4 is 0 Å². The molecular formula is C23H26INO2. The molecule has 3 nitrogen and oxygen atoms in total. The van der Waals surface area contributed by atoms with E-state index in [1.807, 2.05) is 12.1 Å². The summed E-state index contributed by atoms with van der Waals surface area (Å²) in [6, 6.07) is 12.9. The monoisotopic (exact) mass is 475 g/mol. The van der Waals surface area contributed by atoms with E-state index < -0.39 is 0 Å². The van der Waals surface area contributed by atoms with Crippen molar-refractivity contribution in [2.24, 2.45) is 5.92 Å². The molecule has 0 aromatic heterocycles. The Balaban J connectivity index is 1.76. The van der Waals surface area contributed by atoms with Crippen molar-refractivity contribution in [3.8, 4) is 0 Å². The smallest absolute Gasteiger partial charge is 0.337 e. The third-order valence-electron chi connectivity index (χ3n) is 6.42. The molecule has 0 saturated carbocycles. The number of ether oxygens (including phenoxy) is 1. The van der Waals surface area contributed by atoms with Gasteiger partial charge in [-0.2, -0.15) is 0 Å². The average molecular weight is 475 g/mol. The zero-order valence-electron chi connectivity index (χ0n) is 16.2. The largest absolute Gasteiger partial charge is 0.465 e. The molecule has 3 atom stereocenters. The van der Waals surface area contributed by atoms with Gasteiger partial charge in [0.05, 0.1) is 12.7 Å². The number of carbonyl (C=O) groups excluding carboxylic acids is 1. The summed E-state index contributed by atoms with van der Waals surface area (Å²) >= 11 is 2.47. The lowest BCUT2D eigenvalue weighted by Crippen LogP contribution is -2.38. The maximum atomic E-state index is 11.8. The summed E-state index contributed by atoms with van der Waals surface area (Å²) in [5, 5.41) is 0. The lowest BCUT2D eigenvalue weighted by Gasteiger charge is -2.37. The van der Waals surface area contributed by atoms with Crippen LogP contribution in [-0.4, -0.2) is 37.6 Å². The van der Waals surface area contributed by atoms with Crippen LogP contribution in [0.1, 0.15) is 57.8 Å². The van der Waals surface area contributed by atoms with Gasteiger partial charge in [-0.25, -0.2) is 4.79 Å². The molecule has 142 valence electrons. The predicted octanol–water partition coefficient (Wildman–Crippen LogP) is 4.96. The second-order valence-electron chi connectivity index (χ2n) is 7.77. The number of likely N-dealkylation sites (N-methyl/N-ethyl adjacent to an activating group) is 1. The molecule has 2 aromatic rings. The van der Waals surface area contributed by atoms with Crippen molar-refractivity contribution >= 4 is 28.6 Å². The maximum Gasteiger partial charge on any atom is 0.337 e. The number of likely N-dealkylation sites (tertiary alicyclic amines) is 1. The van der Waals surface area contributed by atoms with Gasteiger partial charge >= 0.3 is 5.97 Å². The second kappa shape index (κ2) is 7.55. The molecule has 2 aromatic carbocycles. The molecule has 1 aliphatic carbocycles. The van der Waals surface area contributed by atoms with Crippen molar-refractivity contribution in [1.82, 2.24) is 4.90 Å². The first-order valence-corrected chi connectivity index (χ1v) is 10.8. The van der Waals surface area contributed by atoms with Gasteiger partial charge in [0.2, 0.25) is 0 Å². The highest BCUT2D eigenvalue weighted by Gasteiger charge is 2.44. The number of methoxy groups -OCH3 is 1. The minimum atomic E-state index is -0.270. The zero-order valence-corrected chi connectivity index (χ0v) is 18.3. The van der Waals surface area contributed by atoms with Gasteiger partial charge in [0.15, 0.2) is 0 Å². The number of rotatable bonds is 3. The van der Waals surface area contributed by atoms with Crippen LogP contribution in [0, 0.1) is 16.4 Å². The molecule has 2 aliphatic rings. The Kier molecular flexibility index (Phi) is 5.30. The molecule has 1 fully saturated rings. The highest BCUT2D eigenvalue weighted by molar-refractivity contribution is 14.1. The fourth-order valence-corrected chi connectivity index (χ4v) is 5.46. The number of carbonyl (C=O) groups is 1. The van der Waals surface area contributed by atoms with E-state index in [4.69, 9.17) is 4.74 Å². The van der Waals surface area contributed by atoms with E-state index in [1.54, 1.807) is 0 Å². The van der Waals surface area contributed by atoms with Gasteiger partial charge in [-0.05, 0) is 95.4 Å². The molecule has 0 N–H and O–H groups in total. The van der Waals surface area contributed by atoms with E-state index in [0.717, 1.165) is 13.1 Å². The summed E-state index contributed by atoms with van der Waals surface area (Å²) < 4.78 is 6.21. The number of fused-ring (bicyclic) bond motifs is 3. The number of aryl methyl sites for hydroxylation is 1. The minimum absolute atomic E-state index is 0.270. The van der Waals surface area contributed by atoms with E-state index in [0.29, 0.717) is 23.3 Å². The molecule has 0 amide bonds. The molecule has 1 saturated heterocycles. The van der Waals surface area contributed by atoms with E-state index in [1.165, 1.54) is 45.9 Å². The maximum absolute atomic E-state index is 11.8. The Hall–Kier alpha value is -1.40. The molecule has 0 spiro atoms. The van der Waals surface area contributed by atoms with Gasteiger partial charge < -0.3 is 9.64 Å². The summed E-state index contributed by atoms with van der Waals surface area (Å²) in [7, 11) is 1.43. The van der Waals surface area contributed by atoms with E-state index in [2.05, 4.69) is 65.6 Å². The van der Waals surface area contributed by atoms with Gasteiger partial charge in [-0.15, -0.1) is 0 Å². The van der Waals surface area contributed by atoms with Crippen LogP contribution in [0.25, 0.3) is 0 Å². The SMILES string of the molecule is CCN1CCC2C(c3ccc(C(=O)OC)cc3)c3cc(C)c(I)cc3[C@H]2C1. The third kappa shape index (κ3) is 3.31. The van der Waals surface area contributed by atoms with E-state index >= 15 is 0 Å². The first-order chi connectivity index (χ1) is 13.0. The Morgan fingerprint density at radius 2 is 1.96 bits per heavy atom. The summed E-state index contributed by atoms with van der Waals surface area (Å²) in [5.74, 6) is 1.40. The van der Waals surface area contributed by atoms with Crippen LogP contribution >= 0.6 is 22.6 Å². The second-order valence-corrected chi connectivity index (χ2v) is 8.94. The first-order valence-electron chi connectivity index (χ1n) is 9.74. The fraction of sp³-hybridized carbons (Fsp3) is 0.435. The molecule has 4 heteroatoms. The lowest BCUT2D eigenvalue weighted by atomic mass is 9.78. The highest BCUT2D eigenvalue weighted by Crippen LogP contribution is 2.53. The number of hydrogen-bond donors (Lipinski definition) is 0. The van der Waals surface area contributed by atoms with Crippen LogP contribution in [0.5, 0.6) is 0 Å². The van der Waals surface area contributed by atoms with Crippen molar-refractivity contribution in [2.75, 3.05) is 26.7 Å². The molecule has 27 heavy (non-hydrogen) atoms. The first kappa shape index (κ1) is 18.9. The van der Waals surface area contributed by atoms with Gasteiger partial charge in [-0.1, -0.05) is 25.1 Å². The Morgan fingerprint density at radius 1 is 1.22 bits per heavy atom. The Morgan fingerprint density at radius 3 is 2.63 bits per heavy atom. The van der Waals surface area contributed by atoms with Crippen LogP contribution in [0.4, 0.5) is 0 Å². The normalized spacial score (nSPS) is 24.4. The quantitative estimate of drug-likeness (QED) is 0.465. The standard InChI is InChI=1S/C23H26INO2/c1-4-25-10-9-17-20(13-25)18-12-21(24)14(2)11-19(18)22(17)15-5-7-16(8-6-15)23(26)27-3/h5-8,11-12,17,20,22H,4,9-10,13H2,1-3H3/t17?,20-,22?/m0/s1. The lowest BCUT2D eigenvalue weighted by molar-refractivity contribution is 0.0600. The van der Waals surface area contributed by atoms with E-state index in [9.17, 15) is 4.79 Å². The number of piperidine rings is 1. The van der Waals surface area contributed by atoms with Crippen LogP contribution in [0.15, 0.2) is 36.4 Å². The van der Waals surface area contributed by atoms with Crippen molar-refractivity contribution in [1.29, 1.82) is 0 Å². The third-order valence-corrected chi connectivity index (χ3v) is 7.58. The summed E-state index contributed by atoms with van der Waals surface area (Å²) in [6.45, 7) is 7.93. The number of esters is 1. The summed E-state index contributed by atoms with van der Waals surface area (Å²) in [5.41, 5.74) is 6.33. The van der Waals surface area contributed by atoms with Gasteiger partial charge in [-0.3, -0.25) is 0 Å². The molecule has 0 radical (unpaired) electrons. The van der Waals surface area contributed by atoms with Crippen molar-refractivity contribution < 1.29 is 9.53 Å². The highest BCUT2D eigenvalue weighted by atomic mass is 127. The Labute approximate surface area is 175 Å². The van der Waals surface area contributed by atoms with Gasteiger partial charge in [0.1, 0.15) is 0 Å². The molecule has 4 rings (SSSR count). The molecule has 0 bridgehead atoms. The van der Waals surface area contributed by atoms with Crippen LogP contribution in [0.3, 0.4) is 0 Å². The Bertz CT molecular complexity index is 861. The zero-order chi connectivity index (χ0) is 19.1. The number of benzene rings is 2. The predicted molar refractivity (Wildman–Crippen MR) is 116 cm³/mol. The molecule has 1 aliphatic heterocycles. The number of halogens is 1. The van der Waals surface area contributed by atoms with Crippen LogP contribution in [0.2, 0.25) is 0 Å². The number of nitrogens with zero attached hydrogens (tertiary/aromatic N) is 1. The van der Waals surface area contributed by atoms with Gasteiger partial charge in [0, 0.05) is 22.0 Å². The average Bonchev–Trinajstić information content (AvgIpc) is 3.00. The molecule has 2 unspecified atom stereocenters. The minimum Gasteiger partial charge on any atom is -0.465 e. The summed E-state index contributed by atoms with van der Waals surface area (Å²) in [6.07, 6.45) is 1.23. The van der Waals surface area contributed by atoms with Crippen molar-refractivity contribution in [2.45, 2.75) is 32.1 Å². The molecular weight excluding hydrogens is 449 g/mol. The molecule has 1 heterocycles. The van der Waals surface area contributed by atoms with Gasteiger partial charge in [0.25, 0.3) is 0 Å². The van der Waals surface area contributed by atoms with Crippen LogP contribution in [-0.2, 0) is 4.74 Å². The van der Waals surface area contributed by atoms with E-state index in [-0.39, 0.29) is 5.97 Å². The fourth-order valence-electron chi connectivity index (χ4n) is 4.96. The number of hydrogen-bond acceptors (Lipinski definition) is 3. The topological polar surface area (TPSA) is 29.5 Å². The summed E-state index contributed by atoms with van der Waals surface area (Å²) in [4.78, 5) is 14.4.